The molecule has 136 valence electrons. The summed E-state index contributed by atoms with van der Waals surface area (Å²) in [5.74, 6) is 0. The zero-order valence-electron chi connectivity index (χ0n) is 15.0. The number of rotatable bonds is 16. The predicted octanol–water partition coefficient (Wildman–Crippen LogP) is 6.27. The van der Waals surface area contributed by atoms with Gasteiger partial charge in [-0.15, -0.1) is 0 Å². The lowest BCUT2D eigenvalue weighted by Gasteiger charge is -2.17. The van der Waals surface area contributed by atoms with Crippen LogP contribution >= 0.6 is 7.82 Å². The third kappa shape index (κ3) is 15.0. The lowest BCUT2D eigenvalue weighted by molar-refractivity contribution is 0.109. The summed E-state index contributed by atoms with van der Waals surface area (Å²) in [5, 5.41) is 0. The summed E-state index contributed by atoms with van der Waals surface area (Å²) in [7, 11) is -3.34. The van der Waals surface area contributed by atoms with Crippen molar-refractivity contribution in [3.8, 4) is 0 Å². The topological polar surface area (TPSA) is 79.8 Å². The van der Waals surface area contributed by atoms with Crippen molar-refractivity contribution in [2.24, 2.45) is 0 Å². The predicted molar refractivity (Wildman–Crippen MR) is 93.7 cm³/mol. The van der Waals surface area contributed by atoms with Gasteiger partial charge in [0.15, 0.2) is 0 Å². The average molecular weight is 339 g/mol. The lowest BCUT2D eigenvalue weighted by Crippen LogP contribution is -2.04. The molecule has 0 saturated heterocycles. The second-order valence-corrected chi connectivity index (χ2v) is 7.09. The molecule has 3 N–H and O–H groups in total. The Morgan fingerprint density at radius 2 is 0.955 bits per heavy atom. The maximum absolute atomic E-state index is 12.4. The zero-order valence-corrected chi connectivity index (χ0v) is 15.9. The van der Waals surface area contributed by atoms with Crippen molar-refractivity contribution >= 4 is 7.82 Å². The van der Waals surface area contributed by atoms with Crippen LogP contribution in [0.2, 0.25) is 0 Å². The second kappa shape index (κ2) is 17.4. The Labute approximate surface area is 137 Å². The molecule has 0 atom stereocenters. The highest BCUT2D eigenvalue weighted by atomic mass is 31.2. The number of unbranched alkanes of at least 4 members (excludes halogenated alkanes) is 7. The smallest absolute Gasteiger partial charge is 0.344 e. The molecule has 22 heavy (non-hydrogen) atoms. The normalized spacial score (nSPS) is 11.4. The van der Waals surface area contributed by atoms with Crippen molar-refractivity contribution in [2.75, 3.05) is 19.8 Å². The first kappa shape index (κ1) is 24.3. The molecule has 0 aromatic heterocycles. The first-order valence-corrected chi connectivity index (χ1v) is 10.2. The third-order valence-electron chi connectivity index (χ3n) is 3.24. The average Bonchev–Trinajstić information content (AvgIpc) is 2.47. The molecule has 0 aliphatic carbocycles. The van der Waals surface area contributed by atoms with Gasteiger partial charge in [-0.2, -0.15) is 0 Å². The van der Waals surface area contributed by atoms with Crippen LogP contribution in [-0.4, -0.2) is 19.8 Å². The minimum Gasteiger partial charge on any atom is -0.344 e. The van der Waals surface area contributed by atoms with Crippen LogP contribution in [0, 0.1) is 0 Å². The maximum Gasteiger partial charge on any atom is 0.474 e. The van der Waals surface area contributed by atoms with E-state index in [1.165, 1.54) is 25.7 Å². The highest BCUT2D eigenvalue weighted by molar-refractivity contribution is 7.48. The summed E-state index contributed by atoms with van der Waals surface area (Å²) in [5.41, 5.74) is 0. The summed E-state index contributed by atoms with van der Waals surface area (Å²) in [4.78, 5) is 0. The summed E-state index contributed by atoms with van der Waals surface area (Å²) < 4.78 is 28.6. The van der Waals surface area contributed by atoms with E-state index >= 15 is 0 Å². The molecule has 0 aliphatic rings. The third-order valence-corrected chi connectivity index (χ3v) is 4.74. The Balaban J connectivity index is 0. The van der Waals surface area contributed by atoms with E-state index in [4.69, 9.17) is 13.6 Å². The van der Waals surface area contributed by atoms with Crippen molar-refractivity contribution in [1.29, 1.82) is 0 Å². The van der Waals surface area contributed by atoms with Gasteiger partial charge in [0, 0.05) is 0 Å². The van der Waals surface area contributed by atoms with Gasteiger partial charge in [0.1, 0.15) is 0 Å². The molecule has 0 radical (unpaired) electrons. The van der Waals surface area contributed by atoms with Crippen LogP contribution in [0.4, 0.5) is 0 Å². The van der Waals surface area contributed by atoms with Gasteiger partial charge in [-0.25, -0.2) is 4.57 Å². The summed E-state index contributed by atoms with van der Waals surface area (Å²) in [6.07, 6.45) is 10.8. The Morgan fingerprint density at radius 1 is 0.591 bits per heavy atom. The molecular weight excluding hydrogens is 301 g/mol. The molecule has 5 nitrogen and oxygen atoms in total. The highest BCUT2D eigenvalue weighted by Gasteiger charge is 2.25. The number of hydrogen-bond donors (Lipinski definition) is 1. The molecule has 0 rings (SSSR count). The van der Waals surface area contributed by atoms with Crippen molar-refractivity contribution in [3.05, 3.63) is 0 Å². The van der Waals surface area contributed by atoms with E-state index in [1.807, 2.05) is 0 Å². The number of phosphoric ester groups is 1. The SMILES string of the molecule is CCCCCCCCOP(=O)(OCCCC)OCCCC.N. The molecule has 0 bridgehead atoms. The van der Waals surface area contributed by atoms with Gasteiger partial charge < -0.3 is 6.15 Å². The molecule has 0 aromatic carbocycles. The zero-order chi connectivity index (χ0) is 15.8. The summed E-state index contributed by atoms with van der Waals surface area (Å²) >= 11 is 0. The number of hydrogen-bond acceptors (Lipinski definition) is 5. The van der Waals surface area contributed by atoms with Crippen molar-refractivity contribution < 1.29 is 18.1 Å². The molecule has 0 amide bonds. The quantitative estimate of drug-likeness (QED) is 0.265. The molecule has 6 heteroatoms. The Bertz CT molecular complexity index is 251. The fraction of sp³-hybridized carbons (Fsp3) is 1.00. The summed E-state index contributed by atoms with van der Waals surface area (Å²) in [6.45, 7) is 7.70. The van der Waals surface area contributed by atoms with E-state index in [-0.39, 0.29) is 6.15 Å². The van der Waals surface area contributed by atoms with Gasteiger partial charge in [-0.3, -0.25) is 13.6 Å². The van der Waals surface area contributed by atoms with Gasteiger partial charge in [-0.05, 0) is 19.3 Å². The maximum atomic E-state index is 12.4. The second-order valence-electron chi connectivity index (χ2n) is 5.42. The highest BCUT2D eigenvalue weighted by Crippen LogP contribution is 2.49. The van der Waals surface area contributed by atoms with Gasteiger partial charge in [-0.1, -0.05) is 65.7 Å². The van der Waals surface area contributed by atoms with Crippen molar-refractivity contribution in [2.45, 2.75) is 85.0 Å². The Morgan fingerprint density at radius 3 is 1.41 bits per heavy atom. The molecule has 0 spiro atoms. The fourth-order valence-electron chi connectivity index (χ4n) is 1.81. The Kier molecular flexibility index (Phi) is 19.3. The monoisotopic (exact) mass is 339 g/mol. The van der Waals surface area contributed by atoms with Gasteiger partial charge in [0.2, 0.25) is 0 Å². The Hall–Kier alpha value is 0.0700. The van der Waals surface area contributed by atoms with E-state index in [2.05, 4.69) is 20.8 Å². The molecule has 0 aromatic rings. The summed E-state index contributed by atoms with van der Waals surface area (Å²) in [6, 6.07) is 0. The lowest BCUT2D eigenvalue weighted by atomic mass is 10.1. The standard InChI is InChI=1S/C16H35O4P.H3N/c1-4-7-10-11-12-13-16-20-21(17,18-14-8-5-2)19-15-9-6-3;/h4-16H2,1-3H3;1H3. The van der Waals surface area contributed by atoms with E-state index < -0.39 is 7.82 Å². The molecule has 0 aliphatic heterocycles. The van der Waals surface area contributed by atoms with Crippen LogP contribution in [-0.2, 0) is 18.1 Å². The van der Waals surface area contributed by atoms with E-state index in [0.29, 0.717) is 19.8 Å². The van der Waals surface area contributed by atoms with Crippen LogP contribution in [0.25, 0.3) is 0 Å². The van der Waals surface area contributed by atoms with Crippen molar-refractivity contribution in [3.63, 3.8) is 0 Å². The molecule has 0 heterocycles. The fourth-order valence-corrected chi connectivity index (χ4v) is 3.09. The van der Waals surface area contributed by atoms with E-state index in [9.17, 15) is 4.57 Å². The van der Waals surface area contributed by atoms with Crippen LogP contribution in [0.5, 0.6) is 0 Å². The van der Waals surface area contributed by atoms with Gasteiger partial charge in [0.05, 0.1) is 19.8 Å². The minimum absolute atomic E-state index is 0. The first-order valence-electron chi connectivity index (χ1n) is 8.72. The van der Waals surface area contributed by atoms with E-state index in [0.717, 1.165) is 38.5 Å². The van der Waals surface area contributed by atoms with Crippen LogP contribution < -0.4 is 6.15 Å². The first-order chi connectivity index (χ1) is 10.2. The number of phosphoric acid groups is 1. The van der Waals surface area contributed by atoms with Crippen LogP contribution in [0.3, 0.4) is 0 Å². The molecule has 0 unspecified atom stereocenters. The van der Waals surface area contributed by atoms with Gasteiger partial charge >= 0.3 is 7.82 Å². The largest absolute Gasteiger partial charge is 0.474 e. The van der Waals surface area contributed by atoms with Crippen molar-refractivity contribution in [1.82, 2.24) is 6.15 Å². The van der Waals surface area contributed by atoms with Crippen LogP contribution in [0.1, 0.15) is 85.0 Å². The molecule has 0 fully saturated rings. The minimum atomic E-state index is -3.34. The molecule has 0 saturated carbocycles. The van der Waals surface area contributed by atoms with E-state index in [1.54, 1.807) is 0 Å². The molecular formula is C16H38NO4P. The van der Waals surface area contributed by atoms with Gasteiger partial charge in [0.25, 0.3) is 0 Å². The van der Waals surface area contributed by atoms with Crippen LogP contribution in [0.15, 0.2) is 0 Å².